The van der Waals surface area contributed by atoms with Crippen molar-refractivity contribution in [2.75, 3.05) is 13.2 Å². The van der Waals surface area contributed by atoms with E-state index in [0.717, 1.165) is 24.0 Å². The molecule has 5 aliphatic rings. The van der Waals surface area contributed by atoms with Crippen LogP contribution in [0.3, 0.4) is 0 Å². The summed E-state index contributed by atoms with van der Waals surface area (Å²) in [6.07, 6.45) is 9.90. The number of carbonyl (C=O) groups excluding carboxylic acids is 3. The maximum atomic E-state index is 13.4. The summed E-state index contributed by atoms with van der Waals surface area (Å²) in [6.45, 7) is 13.3. The van der Waals surface area contributed by atoms with E-state index < -0.39 is 10.8 Å². The lowest BCUT2D eigenvalue weighted by Gasteiger charge is -2.66. The highest BCUT2D eigenvalue weighted by atomic mass is 16.5. The topological polar surface area (TPSA) is 69.7 Å². The van der Waals surface area contributed by atoms with Gasteiger partial charge in [-0.25, -0.2) is 0 Å². The van der Waals surface area contributed by atoms with Crippen LogP contribution in [-0.4, -0.2) is 36.9 Å². The summed E-state index contributed by atoms with van der Waals surface area (Å²) < 4.78 is 11.7. The summed E-state index contributed by atoms with van der Waals surface area (Å²) in [6, 6.07) is 0. The van der Waals surface area contributed by atoms with E-state index in [1.165, 1.54) is 6.92 Å². The van der Waals surface area contributed by atoms with Gasteiger partial charge in [-0.3, -0.25) is 14.4 Å². The zero-order valence-corrected chi connectivity index (χ0v) is 20.7. The molecule has 2 fully saturated rings. The summed E-state index contributed by atoms with van der Waals surface area (Å²) >= 11 is 0. The third kappa shape index (κ3) is 2.84. The first kappa shape index (κ1) is 22.8. The largest absolute Gasteiger partial charge is 0.462 e. The van der Waals surface area contributed by atoms with Gasteiger partial charge in [0, 0.05) is 23.2 Å². The van der Waals surface area contributed by atoms with Gasteiger partial charge < -0.3 is 9.47 Å². The number of rotatable bonds is 2. The number of hydrogen-bond donors (Lipinski definition) is 0. The second-order valence-corrected chi connectivity index (χ2v) is 12.2. The quantitative estimate of drug-likeness (QED) is 0.452. The first-order valence-corrected chi connectivity index (χ1v) is 12.3. The fourth-order valence-corrected chi connectivity index (χ4v) is 8.66. The fraction of sp³-hybridized carbons (Fsp3) is 0.679. The lowest BCUT2D eigenvalue weighted by atomic mass is 9.38. The Morgan fingerprint density at radius 2 is 1.85 bits per heavy atom. The van der Waals surface area contributed by atoms with E-state index in [9.17, 15) is 14.4 Å². The summed E-state index contributed by atoms with van der Waals surface area (Å²) in [5.41, 5.74) is 0.676. The standard InChI is InChI=1S/C28H36O5/c1-16(29)33-23-14-20-25(2,3)22(31)8-11-26(20,4)19-7-10-27(5)21(28(19,23)6)13-18(30)24(27)17-9-12-32-15-17/h8-9,11,13,19-20,23-24H,7,10,12,14-15H2,1-6H3/t19?,20?,23-,24?,26-,27-,28-/m1/s1. The first-order valence-electron chi connectivity index (χ1n) is 12.3. The summed E-state index contributed by atoms with van der Waals surface area (Å²) in [5, 5.41) is 0. The molecular formula is C28H36O5. The Morgan fingerprint density at radius 3 is 2.48 bits per heavy atom. The maximum absolute atomic E-state index is 13.4. The van der Waals surface area contributed by atoms with Crippen LogP contribution < -0.4 is 0 Å². The Kier molecular flexibility index (Phi) is 4.83. The Hall–Kier alpha value is -2.01. The molecule has 0 aromatic heterocycles. The summed E-state index contributed by atoms with van der Waals surface area (Å²) in [7, 11) is 0. The van der Waals surface area contributed by atoms with Gasteiger partial charge in [0.05, 0.1) is 19.1 Å². The van der Waals surface area contributed by atoms with E-state index in [1.54, 1.807) is 6.08 Å². The molecule has 0 spiro atoms. The minimum atomic E-state index is -0.529. The molecule has 4 aliphatic carbocycles. The molecule has 5 heteroatoms. The number of ether oxygens (including phenoxy) is 2. The second-order valence-electron chi connectivity index (χ2n) is 12.2. The predicted molar refractivity (Wildman–Crippen MR) is 124 cm³/mol. The molecule has 1 heterocycles. The van der Waals surface area contributed by atoms with Gasteiger partial charge in [-0.15, -0.1) is 0 Å². The monoisotopic (exact) mass is 452 g/mol. The molecule has 0 N–H and O–H groups in total. The highest BCUT2D eigenvalue weighted by Crippen LogP contribution is 2.72. The Morgan fingerprint density at radius 1 is 1.12 bits per heavy atom. The van der Waals surface area contributed by atoms with E-state index in [0.29, 0.717) is 19.6 Å². The molecule has 5 rings (SSSR count). The molecule has 178 valence electrons. The molecule has 0 saturated heterocycles. The average Bonchev–Trinajstić information content (AvgIpc) is 3.32. The number of esters is 1. The average molecular weight is 453 g/mol. The van der Waals surface area contributed by atoms with Crippen molar-refractivity contribution in [3.63, 3.8) is 0 Å². The predicted octanol–water partition coefficient (Wildman–Crippen LogP) is 4.61. The zero-order chi connectivity index (χ0) is 24.0. The van der Waals surface area contributed by atoms with Crippen molar-refractivity contribution < 1.29 is 23.9 Å². The molecule has 33 heavy (non-hydrogen) atoms. The number of allylic oxidation sites excluding steroid dienone is 3. The highest BCUT2D eigenvalue weighted by molar-refractivity contribution is 5.99. The number of fused-ring (bicyclic) bond motifs is 5. The lowest BCUT2D eigenvalue weighted by Crippen LogP contribution is -2.64. The molecule has 7 atom stereocenters. The number of carbonyl (C=O) groups is 3. The van der Waals surface area contributed by atoms with Crippen LogP contribution in [-0.2, 0) is 23.9 Å². The van der Waals surface area contributed by atoms with E-state index in [4.69, 9.17) is 9.47 Å². The fourth-order valence-electron chi connectivity index (χ4n) is 8.66. The molecule has 5 nitrogen and oxygen atoms in total. The first-order chi connectivity index (χ1) is 15.4. The van der Waals surface area contributed by atoms with Crippen LogP contribution in [0.5, 0.6) is 0 Å². The van der Waals surface area contributed by atoms with Crippen molar-refractivity contribution in [1.29, 1.82) is 0 Å². The molecular weight excluding hydrogens is 416 g/mol. The van der Waals surface area contributed by atoms with Gasteiger partial charge in [0.15, 0.2) is 11.6 Å². The smallest absolute Gasteiger partial charge is 0.302 e. The van der Waals surface area contributed by atoms with Crippen LogP contribution >= 0.6 is 0 Å². The SMILES string of the molecule is CC(=O)O[C@@H]1CC2C(C)(C)C(=O)C=C[C@]2(C)C2CC[C@]3(C)C(=CC(=O)C3C3=CCOC3)[C@@]21C. The van der Waals surface area contributed by atoms with Crippen molar-refractivity contribution in [1.82, 2.24) is 0 Å². The van der Waals surface area contributed by atoms with Gasteiger partial charge >= 0.3 is 5.97 Å². The Bertz CT molecular complexity index is 1030. The molecule has 0 aromatic rings. The number of hydrogen-bond acceptors (Lipinski definition) is 5. The van der Waals surface area contributed by atoms with Crippen LogP contribution in [0, 0.1) is 39.4 Å². The maximum Gasteiger partial charge on any atom is 0.302 e. The number of ketones is 2. The lowest BCUT2D eigenvalue weighted by molar-refractivity contribution is -0.187. The molecule has 0 bridgehead atoms. The van der Waals surface area contributed by atoms with Gasteiger partial charge in [-0.2, -0.15) is 0 Å². The van der Waals surface area contributed by atoms with Crippen molar-refractivity contribution in [3.8, 4) is 0 Å². The molecule has 0 radical (unpaired) electrons. The van der Waals surface area contributed by atoms with Crippen LogP contribution in [0.2, 0.25) is 0 Å². The van der Waals surface area contributed by atoms with Crippen LogP contribution in [0.4, 0.5) is 0 Å². The van der Waals surface area contributed by atoms with E-state index in [-0.39, 0.29) is 52.2 Å². The van der Waals surface area contributed by atoms with Crippen LogP contribution in [0.25, 0.3) is 0 Å². The third-order valence-electron chi connectivity index (χ3n) is 10.2. The molecule has 0 aromatic carbocycles. The van der Waals surface area contributed by atoms with Gasteiger partial charge in [0.25, 0.3) is 0 Å². The van der Waals surface area contributed by atoms with Crippen LogP contribution in [0.15, 0.2) is 35.5 Å². The normalized spacial score (nSPS) is 45.6. The van der Waals surface area contributed by atoms with Crippen molar-refractivity contribution in [2.45, 2.75) is 66.9 Å². The molecule has 3 unspecified atom stereocenters. The Labute approximate surface area is 196 Å². The van der Waals surface area contributed by atoms with Crippen molar-refractivity contribution >= 4 is 17.5 Å². The summed E-state index contributed by atoms with van der Waals surface area (Å²) in [4.78, 5) is 38.6. The van der Waals surface area contributed by atoms with Crippen molar-refractivity contribution in [2.24, 2.45) is 39.4 Å². The molecule has 0 amide bonds. The van der Waals surface area contributed by atoms with E-state index in [2.05, 4.69) is 32.9 Å². The third-order valence-corrected chi connectivity index (χ3v) is 10.2. The summed E-state index contributed by atoms with van der Waals surface area (Å²) in [5.74, 6) is 0.00927. The molecule has 2 saturated carbocycles. The van der Waals surface area contributed by atoms with E-state index >= 15 is 0 Å². The van der Waals surface area contributed by atoms with Gasteiger partial charge in [-0.1, -0.05) is 46.8 Å². The second kappa shape index (κ2) is 7.00. The van der Waals surface area contributed by atoms with Crippen LogP contribution in [0.1, 0.15) is 60.8 Å². The minimum absolute atomic E-state index is 0.0636. The van der Waals surface area contributed by atoms with Gasteiger partial charge in [0.1, 0.15) is 6.10 Å². The van der Waals surface area contributed by atoms with Gasteiger partial charge in [0.2, 0.25) is 0 Å². The minimum Gasteiger partial charge on any atom is -0.462 e. The highest BCUT2D eigenvalue weighted by Gasteiger charge is 2.69. The Balaban J connectivity index is 1.66. The van der Waals surface area contributed by atoms with E-state index in [1.807, 2.05) is 19.9 Å². The zero-order valence-electron chi connectivity index (χ0n) is 20.7. The van der Waals surface area contributed by atoms with Gasteiger partial charge in [-0.05, 0) is 59.8 Å². The molecule has 1 aliphatic heterocycles. The van der Waals surface area contributed by atoms with Crippen molar-refractivity contribution in [3.05, 3.63) is 35.5 Å².